The molecule has 0 atom stereocenters. The molecule has 0 aliphatic heterocycles. The molecule has 0 N–H and O–H groups in total. The van der Waals surface area contributed by atoms with Crippen LogP contribution in [0.15, 0.2) is 48.5 Å². The zero-order valence-electron chi connectivity index (χ0n) is 10.9. The van der Waals surface area contributed by atoms with Gasteiger partial charge >= 0.3 is 59.1 Å². The molecule has 0 aliphatic carbocycles. The molecule has 0 fully saturated rings. The second kappa shape index (κ2) is 8.73. The Hall–Kier alpha value is 0.520. The van der Waals surface area contributed by atoms with Crippen molar-refractivity contribution in [1.82, 2.24) is 4.98 Å². The van der Waals surface area contributed by atoms with Crippen LogP contribution in [-0.2, 0) is 10.7 Å². The van der Waals surface area contributed by atoms with Gasteiger partial charge in [-0.3, -0.25) is 4.98 Å². The normalized spacial score (nSPS) is 10.2. The van der Waals surface area contributed by atoms with Gasteiger partial charge in [0.15, 0.2) is 0 Å². The number of nitrogens with zero attached hydrogens (tertiary/aromatic N) is 1. The average Bonchev–Trinajstić information content (AvgIpc) is 2.28. The van der Waals surface area contributed by atoms with Crippen molar-refractivity contribution in [3.05, 3.63) is 54.2 Å². The van der Waals surface area contributed by atoms with Crippen LogP contribution in [0.3, 0.4) is 0 Å². The van der Waals surface area contributed by atoms with E-state index in [0.717, 1.165) is 5.56 Å². The van der Waals surface area contributed by atoms with Crippen LogP contribution in [0.2, 0.25) is 0 Å². The molecule has 2 rings (SSSR count). The van der Waals surface area contributed by atoms with E-state index in [1.807, 2.05) is 30.3 Å². The topological polar surface area (TPSA) is 76.1 Å². The molecule has 0 unspecified atom stereocenters. The van der Waals surface area contributed by atoms with Gasteiger partial charge in [-0.25, -0.2) is 0 Å². The molecule has 0 saturated carbocycles. The van der Waals surface area contributed by atoms with Gasteiger partial charge in [-0.05, 0) is 12.1 Å². The van der Waals surface area contributed by atoms with E-state index < -0.39 is 13.8 Å². The van der Waals surface area contributed by atoms with Gasteiger partial charge in [-0.2, -0.15) is 0 Å². The molecular weight excluding hydrogens is 283 g/mol. The van der Waals surface area contributed by atoms with Crippen LogP contribution < -0.4 is 68.9 Å². The first-order valence-electron chi connectivity index (χ1n) is 5.07. The summed E-state index contributed by atoms with van der Waals surface area (Å²) in [6, 6.07) is 14.4. The second-order valence-electron chi connectivity index (χ2n) is 3.65. The fourth-order valence-corrected chi connectivity index (χ4v) is 2.11. The SMILES string of the molecule is O=P([O-])([O-])Cc1cccc(-c2ccccc2)n1.[Na+].[Na+]. The summed E-state index contributed by atoms with van der Waals surface area (Å²) in [6.07, 6.45) is -0.548. The summed E-state index contributed by atoms with van der Waals surface area (Å²) < 4.78 is 10.7. The van der Waals surface area contributed by atoms with Gasteiger partial charge in [0, 0.05) is 17.4 Å². The fourth-order valence-electron chi connectivity index (χ4n) is 1.54. The first kappa shape index (κ1) is 19.5. The molecule has 4 nitrogen and oxygen atoms in total. The Labute approximate surface area is 156 Å². The number of hydrogen-bond acceptors (Lipinski definition) is 4. The van der Waals surface area contributed by atoms with Crippen LogP contribution in [-0.4, -0.2) is 4.98 Å². The zero-order chi connectivity index (χ0) is 12.3. The third-order valence-electron chi connectivity index (χ3n) is 2.23. The Morgan fingerprint density at radius 2 is 1.58 bits per heavy atom. The van der Waals surface area contributed by atoms with Gasteiger partial charge in [-0.1, -0.05) is 44.0 Å². The first-order valence-corrected chi connectivity index (χ1v) is 6.80. The average molecular weight is 293 g/mol. The number of pyridine rings is 1. The van der Waals surface area contributed by atoms with E-state index in [1.165, 1.54) is 6.07 Å². The van der Waals surface area contributed by atoms with E-state index in [1.54, 1.807) is 12.1 Å². The molecule has 88 valence electrons. The van der Waals surface area contributed by atoms with Crippen molar-refractivity contribution in [3.8, 4) is 11.3 Å². The summed E-state index contributed by atoms with van der Waals surface area (Å²) in [5.41, 5.74) is 1.83. The standard InChI is InChI=1S/C12H12NO3P.2Na/c14-17(15,16)9-11-7-4-8-12(13-11)10-5-2-1-3-6-10;;/h1-8H,9H2,(H2,14,15,16);;/q;2*+1/p-2. The van der Waals surface area contributed by atoms with Crippen molar-refractivity contribution in [3.63, 3.8) is 0 Å². The molecule has 0 aliphatic rings. The number of aromatic nitrogens is 1. The van der Waals surface area contributed by atoms with E-state index in [-0.39, 0.29) is 64.8 Å². The largest absolute Gasteiger partial charge is 1.00 e. The smallest absolute Gasteiger partial charge is 0.810 e. The van der Waals surface area contributed by atoms with Crippen molar-refractivity contribution in [2.75, 3.05) is 0 Å². The van der Waals surface area contributed by atoms with E-state index in [2.05, 4.69) is 4.98 Å². The van der Waals surface area contributed by atoms with Gasteiger partial charge in [-0.15, -0.1) is 0 Å². The number of hydrogen-bond donors (Lipinski definition) is 0. The van der Waals surface area contributed by atoms with Crippen LogP contribution in [0, 0.1) is 0 Å². The van der Waals surface area contributed by atoms with Crippen molar-refractivity contribution in [2.45, 2.75) is 6.16 Å². The number of rotatable bonds is 3. The Morgan fingerprint density at radius 3 is 2.16 bits per heavy atom. The van der Waals surface area contributed by atoms with Gasteiger partial charge in [0.1, 0.15) is 0 Å². The van der Waals surface area contributed by atoms with E-state index in [9.17, 15) is 14.4 Å². The summed E-state index contributed by atoms with van der Waals surface area (Å²) in [4.78, 5) is 25.5. The summed E-state index contributed by atoms with van der Waals surface area (Å²) in [5.74, 6) is 0. The summed E-state index contributed by atoms with van der Waals surface area (Å²) in [6.45, 7) is 0. The van der Waals surface area contributed by atoms with Gasteiger partial charge in [0.2, 0.25) is 0 Å². The van der Waals surface area contributed by atoms with E-state index >= 15 is 0 Å². The Kier molecular flexibility index (Phi) is 8.97. The maximum absolute atomic E-state index is 10.7. The Balaban J connectivity index is 0.00000162. The van der Waals surface area contributed by atoms with Crippen molar-refractivity contribution >= 4 is 7.60 Å². The molecule has 1 aromatic heterocycles. The van der Waals surface area contributed by atoms with Gasteiger partial charge in [0.25, 0.3) is 0 Å². The third-order valence-corrected chi connectivity index (χ3v) is 2.94. The summed E-state index contributed by atoms with van der Waals surface area (Å²) in [5, 5.41) is 0. The molecule has 0 amide bonds. The predicted molar refractivity (Wildman–Crippen MR) is 61.0 cm³/mol. The fraction of sp³-hybridized carbons (Fsp3) is 0.0833. The van der Waals surface area contributed by atoms with E-state index in [0.29, 0.717) is 5.69 Å². The maximum atomic E-state index is 10.7. The first-order chi connectivity index (χ1) is 8.04. The molecule has 1 heterocycles. The quantitative estimate of drug-likeness (QED) is 0.420. The Bertz CT molecular complexity index is 560. The molecule has 0 radical (unpaired) electrons. The zero-order valence-corrected chi connectivity index (χ0v) is 15.8. The predicted octanol–water partition coefficient (Wildman–Crippen LogP) is -4.83. The van der Waals surface area contributed by atoms with Crippen LogP contribution in [0.5, 0.6) is 0 Å². The molecule has 1 aromatic carbocycles. The van der Waals surface area contributed by atoms with Crippen LogP contribution in [0.25, 0.3) is 11.3 Å². The van der Waals surface area contributed by atoms with Crippen LogP contribution in [0.4, 0.5) is 0 Å². The van der Waals surface area contributed by atoms with Crippen LogP contribution >= 0.6 is 7.60 Å². The van der Waals surface area contributed by atoms with Gasteiger partial charge < -0.3 is 14.4 Å². The minimum Gasteiger partial charge on any atom is -0.810 e. The molecule has 0 saturated heterocycles. The van der Waals surface area contributed by atoms with Crippen molar-refractivity contribution in [2.24, 2.45) is 0 Å². The molecule has 7 heteroatoms. The third kappa shape index (κ3) is 6.67. The molecular formula is C12H10NNa2O3P. The summed E-state index contributed by atoms with van der Waals surface area (Å²) >= 11 is 0. The monoisotopic (exact) mass is 293 g/mol. The minimum atomic E-state index is -4.56. The molecule has 19 heavy (non-hydrogen) atoms. The molecule has 0 bridgehead atoms. The van der Waals surface area contributed by atoms with Crippen LogP contribution in [0.1, 0.15) is 5.69 Å². The maximum Gasteiger partial charge on any atom is 1.00 e. The minimum absolute atomic E-state index is 0. The Morgan fingerprint density at radius 1 is 0.947 bits per heavy atom. The number of benzene rings is 1. The van der Waals surface area contributed by atoms with E-state index in [4.69, 9.17) is 0 Å². The van der Waals surface area contributed by atoms with Gasteiger partial charge in [0.05, 0.1) is 5.69 Å². The molecule has 2 aromatic rings. The summed E-state index contributed by atoms with van der Waals surface area (Å²) in [7, 11) is -4.56. The van der Waals surface area contributed by atoms with Crippen molar-refractivity contribution in [1.29, 1.82) is 0 Å². The second-order valence-corrected chi connectivity index (χ2v) is 5.19. The molecule has 0 spiro atoms. The van der Waals surface area contributed by atoms with Crippen molar-refractivity contribution < 1.29 is 73.5 Å².